The summed E-state index contributed by atoms with van der Waals surface area (Å²) in [4.78, 5) is 24.4. The normalized spacial score (nSPS) is 54.9. The van der Waals surface area contributed by atoms with Gasteiger partial charge in [0, 0.05) is 5.41 Å². The summed E-state index contributed by atoms with van der Waals surface area (Å²) in [5.74, 6) is -0.713. The predicted molar refractivity (Wildman–Crippen MR) is 90.7 cm³/mol. The zero-order valence-corrected chi connectivity index (χ0v) is 15.5. The number of carbonyl (C=O) groups excluding carboxylic acids is 1. The van der Waals surface area contributed by atoms with E-state index in [1.54, 1.807) is 0 Å². The highest BCUT2D eigenvalue weighted by Gasteiger charge is 2.68. The molecule has 0 aromatic carbocycles. The zero-order chi connectivity index (χ0) is 18.3. The number of ether oxygens (including phenoxy) is 1. The number of hydrogen-bond donors (Lipinski definition) is 2. The van der Waals surface area contributed by atoms with Gasteiger partial charge in [0.05, 0.1) is 17.9 Å². The first kappa shape index (κ1) is 17.3. The minimum Gasteiger partial charge on any atom is -0.481 e. The molecular formula is C20H30O5. The molecule has 1 aliphatic heterocycles. The summed E-state index contributed by atoms with van der Waals surface area (Å²) in [6.07, 6.45) is 5.21. The van der Waals surface area contributed by atoms with Gasteiger partial charge in [-0.3, -0.25) is 9.59 Å². The van der Waals surface area contributed by atoms with Crippen LogP contribution < -0.4 is 0 Å². The van der Waals surface area contributed by atoms with E-state index < -0.39 is 22.9 Å². The highest BCUT2D eigenvalue weighted by molar-refractivity contribution is 5.75. The SMILES string of the molecule is C[C@@]12CC[C@H]3[C@@](CC[C@@H]4[C@@]3(C)[C@@H](O)CC[C@]4(C)C(=O)O)(CC(=O)O1)C2. The van der Waals surface area contributed by atoms with Crippen LogP contribution in [0.3, 0.4) is 0 Å². The Morgan fingerprint density at radius 2 is 1.76 bits per heavy atom. The van der Waals surface area contributed by atoms with Crippen LogP contribution in [0, 0.1) is 28.1 Å². The van der Waals surface area contributed by atoms with E-state index >= 15 is 0 Å². The van der Waals surface area contributed by atoms with Crippen LogP contribution in [0.2, 0.25) is 0 Å². The van der Waals surface area contributed by atoms with Gasteiger partial charge < -0.3 is 14.9 Å². The van der Waals surface area contributed by atoms with Crippen molar-refractivity contribution >= 4 is 11.9 Å². The molecule has 1 spiro atoms. The molecule has 2 bridgehead atoms. The maximum absolute atomic E-state index is 12.3. The van der Waals surface area contributed by atoms with Crippen LogP contribution in [0.1, 0.15) is 72.1 Å². The molecule has 140 valence electrons. The van der Waals surface area contributed by atoms with Crippen LogP contribution >= 0.6 is 0 Å². The molecule has 4 rings (SSSR count). The topological polar surface area (TPSA) is 83.8 Å². The van der Waals surface area contributed by atoms with Crippen molar-refractivity contribution in [3.05, 3.63) is 0 Å². The number of aliphatic hydroxyl groups excluding tert-OH is 1. The Balaban J connectivity index is 1.79. The molecule has 0 unspecified atom stereocenters. The van der Waals surface area contributed by atoms with E-state index in [0.717, 1.165) is 32.1 Å². The summed E-state index contributed by atoms with van der Waals surface area (Å²) < 4.78 is 5.67. The molecule has 1 heterocycles. The predicted octanol–water partition coefficient (Wildman–Crippen LogP) is 3.14. The van der Waals surface area contributed by atoms with Gasteiger partial charge in [0.25, 0.3) is 0 Å². The van der Waals surface area contributed by atoms with E-state index in [9.17, 15) is 19.8 Å². The molecule has 0 aromatic rings. The molecule has 5 heteroatoms. The fraction of sp³-hybridized carbons (Fsp3) is 0.900. The van der Waals surface area contributed by atoms with Gasteiger partial charge >= 0.3 is 11.9 Å². The van der Waals surface area contributed by atoms with E-state index in [1.807, 2.05) is 13.8 Å². The van der Waals surface area contributed by atoms with Crippen molar-refractivity contribution in [3.8, 4) is 0 Å². The van der Waals surface area contributed by atoms with Crippen LogP contribution in [-0.2, 0) is 14.3 Å². The lowest BCUT2D eigenvalue weighted by molar-refractivity contribution is -0.249. The van der Waals surface area contributed by atoms with Gasteiger partial charge in [0.2, 0.25) is 0 Å². The molecule has 3 saturated carbocycles. The number of aliphatic hydroxyl groups is 1. The van der Waals surface area contributed by atoms with Crippen LogP contribution in [0.25, 0.3) is 0 Å². The second-order valence-corrected chi connectivity index (χ2v) is 9.97. The van der Waals surface area contributed by atoms with Crippen molar-refractivity contribution in [2.45, 2.75) is 83.8 Å². The Morgan fingerprint density at radius 3 is 2.44 bits per heavy atom. The van der Waals surface area contributed by atoms with Crippen molar-refractivity contribution in [3.63, 3.8) is 0 Å². The largest absolute Gasteiger partial charge is 0.481 e. The van der Waals surface area contributed by atoms with Crippen LogP contribution in [-0.4, -0.2) is 33.9 Å². The van der Waals surface area contributed by atoms with Crippen molar-refractivity contribution < 1.29 is 24.5 Å². The monoisotopic (exact) mass is 350 g/mol. The van der Waals surface area contributed by atoms with Crippen LogP contribution in [0.15, 0.2) is 0 Å². The summed E-state index contributed by atoms with van der Waals surface area (Å²) >= 11 is 0. The lowest BCUT2D eigenvalue weighted by Gasteiger charge is -2.67. The average molecular weight is 350 g/mol. The number of carbonyl (C=O) groups is 2. The average Bonchev–Trinajstić information content (AvgIpc) is 2.49. The Hall–Kier alpha value is -1.10. The first-order chi connectivity index (χ1) is 11.6. The van der Waals surface area contributed by atoms with Crippen molar-refractivity contribution in [1.29, 1.82) is 0 Å². The third kappa shape index (κ3) is 2.11. The summed E-state index contributed by atoms with van der Waals surface area (Å²) in [5, 5.41) is 21.0. The summed E-state index contributed by atoms with van der Waals surface area (Å²) in [5.41, 5.74) is -1.75. The van der Waals surface area contributed by atoms with Crippen molar-refractivity contribution in [2.24, 2.45) is 28.1 Å². The molecule has 4 aliphatic rings. The number of fused-ring (bicyclic) bond motifs is 3. The van der Waals surface area contributed by atoms with Gasteiger partial charge in [-0.25, -0.2) is 0 Å². The molecule has 0 aromatic heterocycles. The Labute approximate surface area is 149 Å². The van der Waals surface area contributed by atoms with Crippen molar-refractivity contribution in [1.82, 2.24) is 0 Å². The minimum atomic E-state index is -0.786. The lowest BCUT2D eigenvalue weighted by Crippen LogP contribution is -2.67. The first-order valence-electron chi connectivity index (χ1n) is 9.69. The third-order valence-electron chi connectivity index (χ3n) is 8.63. The number of esters is 1. The molecule has 4 fully saturated rings. The molecule has 0 amide bonds. The summed E-state index contributed by atoms with van der Waals surface area (Å²) in [6, 6.07) is 0. The minimum absolute atomic E-state index is 0.0424. The van der Waals surface area contributed by atoms with Crippen LogP contribution in [0.5, 0.6) is 0 Å². The molecule has 1 saturated heterocycles. The summed E-state index contributed by atoms with van der Waals surface area (Å²) in [7, 11) is 0. The lowest BCUT2D eigenvalue weighted by atomic mass is 9.38. The third-order valence-corrected chi connectivity index (χ3v) is 8.63. The van der Waals surface area contributed by atoms with E-state index in [4.69, 9.17) is 4.74 Å². The Morgan fingerprint density at radius 1 is 1.08 bits per heavy atom. The second kappa shape index (κ2) is 4.99. The quantitative estimate of drug-likeness (QED) is 0.710. The number of hydrogen-bond acceptors (Lipinski definition) is 4. The van der Waals surface area contributed by atoms with E-state index in [1.165, 1.54) is 0 Å². The highest BCUT2D eigenvalue weighted by atomic mass is 16.6. The Kier molecular flexibility index (Phi) is 3.46. The van der Waals surface area contributed by atoms with Gasteiger partial charge in [0.15, 0.2) is 0 Å². The van der Waals surface area contributed by atoms with Gasteiger partial charge in [0.1, 0.15) is 5.60 Å². The molecule has 2 N–H and O–H groups in total. The van der Waals surface area contributed by atoms with Crippen LogP contribution in [0.4, 0.5) is 0 Å². The smallest absolute Gasteiger partial charge is 0.309 e. The zero-order valence-electron chi connectivity index (χ0n) is 15.5. The number of carboxylic acid groups (broad SMARTS) is 1. The maximum atomic E-state index is 12.3. The number of aliphatic carboxylic acids is 1. The highest BCUT2D eigenvalue weighted by Crippen LogP contribution is 2.70. The Bertz CT molecular complexity index is 632. The van der Waals surface area contributed by atoms with E-state index in [-0.39, 0.29) is 28.8 Å². The first-order valence-corrected chi connectivity index (χ1v) is 9.69. The molecule has 0 radical (unpaired) electrons. The number of carboxylic acids is 1. The van der Waals surface area contributed by atoms with Gasteiger partial charge in [-0.2, -0.15) is 0 Å². The van der Waals surface area contributed by atoms with Crippen molar-refractivity contribution in [2.75, 3.05) is 0 Å². The fourth-order valence-electron chi connectivity index (χ4n) is 7.54. The summed E-state index contributed by atoms with van der Waals surface area (Å²) in [6.45, 7) is 6.01. The maximum Gasteiger partial charge on any atom is 0.309 e. The van der Waals surface area contributed by atoms with E-state index in [2.05, 4.69) is 6.92 Å². The van der Waals surface area contributed by atoms with E-state index in [0.29, 0.717) is 19.3 Å². The van der Waals surface area contributed by atoms with Gasteiger partial charge in [-0.15, -0.1) is 0 Å². The molecule has 5 nitrogen and oxygen atoms in total. The van der Waals surface area contributed by atoms with Gasteiger partial charge in [-0.1, -0.05) is 6.92 Å². The molecule has 7 atom stereocenters. The standard InChI is InChI=1S/C20H30O5/c1-17-7-4-13-19(3)12(18(2,16(23)24)8-6-14(19)21)5-9-20(13,11-17)10-15(22)25-17/h12-14,21H,4-11H2,1-3H3,(H,23,24)/t12-,13+,14-,17-,18-,19+,20-/m0/s1. The molecule has 3 aliphatic carbocycles. The fourth-order valence-corrected chi connectivity index (χ4v) is 7.54. The number of rotatable bonds is 1. The molecular weight excluding hydrogens is 320 g/mol. The second-order valence-electron chi connectivity index (χ2n) is 9.97. The molecule has 25 heavy (non-hydrogen) atoms. The van der Waals surface area contributed by atoms with Gasteiger partial charge in [-0.05, 0) is 76.0 Å².